The number of benzene rings is 2. The molecule has 18 nitrogen and oxygen atoms in total. The molecule has 0 saturated heterocycles. The highest BCUT2D eigenvalue weighted by Gasteiger charge is 2.27. The fraction of sp³-hybridized carbons (Fsp3) is 0.222. The maximum atomic E-state index is 14.8. The monoisotopic (exact) mass is 966 g/mol. The van der Waals surface area contributed by atoms with Gasteiger partial charge in [-0.1, -0.05) is 0 Å². The second-order valence-corrected chi connectivity index (χ2v) is 18.6. The lowest BCUT2D eigenvalue weighted by Gasteiger charge is -2.24. The number of pyridine rings is 2. The number of halogens is 2. The zero-order valence-corrected chi connectivity index (χ0v) is 38.9. The molecular formula is C45H48F2N6O12S2. The van der Waals surface area contributed by atoms with Crippen LogP contribution in [0.25, 0.3) is 22.5 Å². The fourth-order valence-electron chi connectivity index (χ4n) is 5.87. The topological polar surface area (TPSA) is 239 Å². The van der Waals surface area contributed by atoms with Crippen molar-refractivity contribution in [3.05, 3.63) is 145 Å². The summed E-state index contributed by atoms with van der Waals surface area (Å²) >= 11 is 0. The van der Waals surface area contributed by atoms with E-state index in [4.69, 9.17) is 24.4 Å². The van der Waals surface area contributed by atoms with E-state index in [1.54, 1.807) is 33.9 Å². The molecule has 1 amide bonds. The van der Waals surface area contributed by atoms with Crippen LogP contribution in [0, 0.1) is 11.6 Å². The number of hydrogen-bond acceptors (Lipinski definition) is 13. The van der Waals surface area contributed by atoms with Crippen molar-refractivity contribution < 1.29 is 64.4 Å². The number of carbonyl (C=O) groups is 3. The minimum atomic E-state index is -4.11. The second kappa shape index (κ2) is 22.7. The SMILES string of the molecule is CNCc1cc(-c2cc(OC)ccc2F)n(S(=O)(=O)c2cccnc2)c1.COc1ccc(F)c(-c2cc(CN(C)C(=O)OC(C)(C)C)cn2S(=O)(=O)c2cccnc2)c1.O=C(O)/C=C/C(=O)O. The van der Waals surface area contributed by atoms with Gasteiger partial charge in [0.25, 0.3) is 20.0 Å². The summed E-state index contributed by atoms with van der Waals surface area (Å²) in [4.78, 5) is 40.5. The van der Waals surface area contributed by atoms with Crippen molar-refractivity contribution in [2.45, 2.75) is 49.3 Å². The van der Waals surface area contributed by atoms with Crippen LogP contribution in [0.3, 0.4) is 0 Å². The smallest absolute Gasteiger partial charge is 0.410 e. The lowest BCUT2D eigenvalue weighted by molar-refractivity contribution is -0.134. The highest BCUT2D eigenvalue weighted by atomic mass is 32.2. The molecule has 22 heteroatoms. The van der Waals surface area contributed by atoms with Crippen LogP contribution < -0.4 is 14.8 Å². The molecule has 2 aromatic carbocycles. The predicted molar refractivity (Wildman–Crippen MR) is 241 cm³/mol. The third-order valence-corrected chi connectivity index (χ3v) is 12.2. The molecule has 6 aromatic rings. The van der Waals surface area contributed by atoms with Crippen molar-refractivity contribution in [2.24, 2.45) is 0 Å². The molecule has 0 aliphatic carbocycles. The molecule has 0 aliphatic heterocycles. The fourth-order valence-corrected chi connectivity index (χ4v) is 8.59. The molecule has 0 saturated carbocycles. The van der Waals surface area contributed by atoms with E-state index < -0.39 is 55.3 Å². The number of carboxylic acid groups (broad SMARTS) is 2. The Kier molecular flexibility index (Phi) is 17.6. The van der Waals surface area contributed by atoms with Gasteiger partial charge in [0.1, 0.15) is 38.5 Å². The number of nitrogens with zero attached hydrogens (tertiary/aromatic N) is 5. The van der Waals surface area contributed by atoms with E-state index in [0.717, 1.165) is 7.94 Å². The van der Waals surface area contributed by atoms with Crippen LogP contribution in [0.15, 0.2) is 132 Å². The van der Waals surface area contributed by atoms with Crippen LogP contribution in [-0.4, -0.2) is 102 Å². The normalized spacial score (nSPS) is 11.4. The first-order chi connectivity index (χ1) is 31.5. The van der Waals surface area contributed by atoms with Gasteiger partial charge in [-0.2, -0.15) is 0 Å². The maximum Gasteiger partial charge on any atom is 0.410 e. The Balaban J connectivity index is 0.000000256. The number of carbonyl (C=O) groups excluding carboxylic acids is 1. The van der Waals surface area contributed by atoms with Gasteiger partial charge in [0, 0.05) is 74.1 Å². The molecule has 0 bridgehead atoms. The van der Waals surface area contributed by atoms with Gasteiger partial charge in [0.05, 0.1) is 32.2 Å². The van der Waals surface area contributed by atoms with E-state index in [2.05, 4.69) is 15.3 Å². The van der Waals surface area contributed by atoms with Crippen LogP contribution in [0.5, 0.6) is 11.5 Å². The van der Waals surface area contributed by atoms with Gasteiger partial charge >= 0.3 is 18.0 Å². The molecule has 0 atom stereocenters. The van der Waals surface area contributed by atoms with Crippen molar-refractivity contribution >= 4 is 38.1 Å². The summed E-state index contributed by atoms with van der Waals surface area (Å²) in [6.45, 7) is 5.73. The van der Waals surface area contributed by atoms with Crippen LogP contribution in [0.1, 0.15) is 31.9 Å². The molecule has 4 aromatic heterocycles. The van der Waals surface area contributed by atoms with E-state index >= 15 is 0 Å². The maximum absolute atomic E-state index is 14.8. The quantitative estimate of drug-likeness (QED) is 0.0967. The lowest BCUT2D eigenvalue weighted by Crippen LogP contribution is -2.33. The van der Waals surface area contributed by atoms with Crippen LogP contribution in [0.2, 0.25) is 0 Å². The molecule has 356 valence electrons. The molecule has 0 radical (unpaired) electrons. The van der Waals surface area contributed by atoms with Crippen molar-refractivity contribution in [1.29, 1.82) is 0 Å². The van der Waals surface area contributed by atoms with Crippen molar-refractivity contribution in [1.82, 2.24) is 28.1 Å². The Bertz CT molecular complexity index is 2920. The molecule has 0 unspecified atom stereocenters. The first kappa shape index (κ1) is 52.2. The van der Waals surface area contributed by atoms with E-state index in [-0.39, 0.29) is 38.9 Å². The summed E-state index contributed by atoms with van der Waals surface area (Å²) < 4.78 is 99.9. The summed E-state index contributed by atoms with van der Waals surface area (Å²) in [6, 6.07) is 17.3. The first-order valence-electron chi connectivity index (χ1n) is 19.7. The average molecular weight is 967 g/mol. The minimum Gasteiger partial charge on any atom is -0.497 e. The van der Waals surface area contributed by atoms with E-state index in [1.165, 1.54) is 130 Å². The third-order valence-electron chi connectivity index (χ3n) is 8.84. The van der Waals surface area contributed by atoms with E-state index in [0.29, 0.717) is 41.3 Å². The molecule has 6 rings (SSSR count). The Morgan fingerprint density at radius 2 is 1.16 bits per heavy atom. The number of ether oxygens (including phenoxy) is 3. The van der Waals surface area contributed by atoms with Gasteiger partial charge in [0.15, 0.2) is 0 Å². The van der Waals surface area contributed by atoms with Gasteiger partial charge in [-0.25, -0.2) is 47.9 Å². The number of nitrogens with one attached hydrogen (secondary N) is 1. The Morgan fingerprint density at radius 1 is 0.731 bits per heavy atom. The second-order valence-electron chi connectivity index (χ2n) is 15.0. The molecule has 0 aliphatic rings. The Morgan fingerprint density at radius 3 is 1.54 bits per heavy atom. The predicted octanol–water partition coefficient (Wildman–Crippen LogP) is 6.67. The van der Waals surface area contributed by atoms with Gasteiger partial charge < -0.3 is 34.6 Å². The van der Waals surface area contributed by atoms with Crippen LogP contribution in [-0.2, 0) is 47.5 Å². The van der Waals surface area contributed by atoms with E-state index in [9.17, 15) is 40.0 Å². The molecule has 3 N–H and O–H groups in total. The van der Waals surface area contributed by atoms with Gasteiger partial charge in [0.2, 0.25) is 0 Å². The number of rotatable bonds is 14. The van der Waals surface area contributed by atoms with E-state index in [1.807, 2.05) is 0 Å². The number of carboxylic acids is 2. The summed E-state index contributed by atoms with van der Waals surface area (Å²) in [6.07, 6.45) is 8.81. The standard InChI is InChI=1S/C23H26FN3O5S.C18H18FN3O3S.C4H4O4/c1-23(2,3)32-22(28)26(4)14-16-11-21(19-12-17(31-5)8-9-20(19)24)27(15-16)33(29,30)18-7-6-10-25-13-18;1-20-10-13-8-18(16-9-14(25-2)5-6-17(16)19)22(12-13)26(23,24)15-4-3-7-21-11-15;5-3(6)1-2-4(7)8/h6-13,15H,14H2,1-5H3;3-9,11-12,20H,10H2,1-2H3;1-2H,(H,5,6)(H,7,8)/b;;2-1+. The van der Waals surface area contributed by atoms with Crippen LogP contribution in [0.4, 0.5) is 13.6 Å². The summed E-state index contributed by atoms with van der Waals surface area (Å²) in [7, 11) is -1.85. The minimum absolute atomic E-state index is 0.0242. The Hall–Kier alpha value is -7.43. The molecular weight excluding hydrogens is 919 g/mol. The summed E-state index contributed by atoms with van der Waals surface area (Å²) in [5.41, 5.74) is 0.964. The number of aliphatic carboxylic acids is 2. The van der Waals surface area contributed by atoms with Crippen LogP contribution >= 0.6 is 0 Å². The molecule has 0 fully saturated rings. The van der Waals surface area contributed by atoms with Gasteiger partial charge in [-0.15, -0.1) is 0 Å². The summed E-state index contributed by atoms with van der Waals surface area (Å²) in [5, 5.41) is 18.6. The number of aromatic nitrogens is 4. The van der Waals surface area contributed by atoms with Crippen molar-refractivity contribution in [3.8, 4) is 34.0 Å². The highest BCUT2D eigenvalue weighted by molar-refractivity contribution is 7.90. The number of amides is 1. The molecule has 67 heavy (non-hydrogen) atoms. The zero-order valence-electron chi connectivity index (χ0n) is 37.2. The molecule has 4 heterocycles. The Labute approximate surface area is 385 Å². The summed E-state index contributed by atoms with van der Waals surface area (Å²) in [5.74, 6) is -2.88. The lowest BCUT2D eigenvalue weighted by atomic mass is 10.1. The van der Waals surface area contributed by atoms with Gasteiger partial charge in [-0.3, -0.25) is 9.97 Å². The zero-order chi connectivity index (χ0) is 49.7. The van der Waals surface area contributed by atoms with Crippen molar-refractivity contribution in [3.63, 3.8) is 0 Å². The third kappa shape index (κ3) is 14.0. The highest BCUT2D eigenvalue weighted by Crippen LogP contribution is 2.33. The van der Waals surface area contributed by atoms with Gasteiger partial charge in [-0.05, 0) is 112 Å². The number of hydrogen-bond donors (Lipinski definition) is 3. The average Bonchev–Trinajstić information content (AvgIpc) is 3.92. The number of methoxy groups -OCH3 is 2. The largest absolute Gasteiger partial charge is 0.497 e. The van der Waals surface area contributed by atoms with Crippen molar-refractivity contribution in [2.75, 3.05) is 28.3 Å². The first-order valence-corrected chi connectivity index (χ1v) is 22.5. The molecule has 0 spiro atoms.